The molecule has 5 heteroatoms. The van der Waals surface area contributed by atoms with Crippen LogP contribution in [0.2, 0.25) is 0 Å². The first-order valence-corrected chi connectivity index (χ1v) is 10.9. The van der Waals surface area contributed by atoms with Crippen molar-refractivity contribution in [2.24, 2.45) is 0 Å². The van der Waals surface area contributed by atoms with Crippen molar-refractivity contribution in [2.75, 3.05) is 18.5 Å². The van der Waals surface area contributed by atoms with Crippen molar-refractivity contribution < 1.29 is 4.74 Å². The van der Waals surface area contributed by atoms with Crippen molar-refractivity contribution in [1.82, 2.24) is 14.5 Å². The SMILES string of the molecule is Cc1cccc(-n2cc(-c3ccc(C)c(C)c3)c3c(NC4CCOCC4)ncnc32)c1. The van der Waals surface area contributed by atoms with Gasteiger partial charge in [-0.2, -0.15) is 0 Å². The normalized spacial score (nSPS) is 14.8. The zero-order valence-electron chi connectivity index (χ0n) is 18.4. The molecule has 31 heavy (non-hydrogen) atoms. The van der Waals surface area contributed by atoms with E-state index in [0.29, 0.717) is 6.04 Å². The van der Waals surface area contributed by atoms with Crippen LogP contribution in [0.3, 0.4) is 0 Å². The Morgan fingerprint density at radius 2 is 1.81 bits per heavy atom. The smallest absolute Gasteiger partial charge is 0.150 e. The average molecular weight is 413 g/mol. The molecule has 0 aliphatic carbocycles. The van der Waals surface area contributed by atoms with E-state index < -0.39 is 0 Å². The molecular weight excluding hydrogens is 384 g/mol. The van der Waals surface area contributed by atoms with E-state index in [-0.39, 0.29) is 0 Å². The highest BCUT2D eigenvalue weighted by molar-refractivity contribution is 6.02. The fourth-order valence-electron chi connectivity index (χ4n) is 4.31. The van der Waals surface area contributed by atoms with Gasteiger partial charge in [0.1, 0.15) is 12.1 Å². The van der Waals surface area contributed by atoms with Crippen LogP contribution in [-0.4, -0.2) is 33.8 Å². The lowest BCUT2D eigenvalue weighted by Gasteiger charge is -2.24. The van der Waals surface area contributed by atoms with Crippen LogP contribution in [0.5, 0.6) is 0 Å². The van der Waals surface area contributed by atoms with Gasteiger partial charge in [0.2, 0.25) is 0 Å². The molecule has 0 saturated carbocycles. The predicted molar refractivity (Wildman–Crippen MR) is 126 cm³/mol. The minimum Gasteiger partial charge on any atom is -0.381 e. The number of nitrogens with zero attached hydrogens (tertiary/aromatic N) is 3. The molecule has 3 heterocycles. The number of fused-ring (bicyclic) bond motifs is 1. The fourth-order valence-corrected chi connectivity index (χ4v) is 4.31. The van der Waals surface area contributed by atoms with Gasteiger partial charge in [0.15, 0.2) is 5.65 Å². The van der Waals surface area contributed by atoms with Crippen LogP contribution < -0.4 is 5.32 Å². The third-order valence-corrected chi connectivity index (χ3v) is 6.24. The summed E-state index contributed by atoms with van der Waals surface area (Å²) in [6.45, 7) is 8.01. The second-order valence-electron chi connectivity index (χ2n) is 8.50. The molecule has 4 aromatic rings. The number of hydrogen-bond donors (Lipinski definition) is 1. The molecule has 1 N–H and O–H groups in total. The van der Waals surface area contributed by atoms with E-state index in [1.165, 1.54) is 22.3 Å². The number of ether oxygens (including phenoxy) is 1. The van der Waals surface area contributed by atoms with Gasteiger partial charge < -0.3 is 14.6 Å². The van der Waals surface area contributed by atoms with E-state index in [4.69, 9.17) is 9.72 Å². The van der Waals surface area contributed by atoms with Gasteiger partial charge >= 0.3 is 0 Å². The topological polar surface area (TPSA) is 52.0 Å². The van der Waals surface area contributed by atoms with Crippen LogP contribution in [-0.2, 0) is 4.74 Å². The number of anilines is 1. The Kier molecular flexibility index (Phi) is 5.20. The minimum absolute atomic E-state index is 0.363. The lowest BCUT2D eigenvalue weighted by Crippen LogP contribution is -2.28. The Hall–Kier alpha value is -3.18. The van der Waals surface area contributed by atoms with Crippen molar-refractivity contribution in [3.05, 3.63) is 71.7 Å². The summed E-state index contributed by atoms with van der Waals surface area (Å²) in [6.07, 6.45) is 5.85. The van der Waals surface area contributed by atoms with Crippen molar-refractivity contribution in [3.63, 3.8) is 0 Å². The van der Waals surface area contributed by atoms with Crippen LogP contribution in [0.15, 0.2) is 55.0 Å². The highest BCUT2D eigenvalue weighted by Crippen LogP contribution is 2.36. The van der Waals surface area contributed by atoms with E-state index in [1.54, 1.807) is 6.33 Å². The number of aromatic nitrogens is 3. The van der Waals surface area contributed by atoms with Crippen LogP contribution >= 0.6 is 0 Å². The first-order chi connectivity index (χ1) is 15.1. The monoisotopic (exact) mass is 412 g/mol. The summed E-state index contributed by atoms with van der Waals surface area (Å²) < 4.78 is 7.72. The number of nitrogens with one attached hydrogen (secondary N) is 1. The zero-order chi connectivity index (χ0) is 21.4. The molecule has 5 nitrogen and oxygen atoms in total. The van der Waals surface area contributed by atoms with Crippen molar-refractivity contribution >= 4 is 16.9 Å². The van der Waals surface area contributed by atoms with Gasteiger partial charge in [0.25, 0.3) is 0 Å². The number of rotatable bonds is 4. The van der Waals surface area contributed by atoms with Gasteiger partial charge in [0, 0.05) is 36.7 Å². The predicted octanol–water partition coefficient (Wildman–Crippen LogP) is 5.60. The Bertz CT molecular complexity index is 1240. The summed E-state index contributed by atoms with van der Waals surface area (Å²) >= 11 is 0. The Labute approximate surface area is 183 Å². The molecule has 1 aliphatic rings. The molecule has 0 amide bonds. The van der Waals surface area contributed by atoms with E-state index in [0.717, 1.165) is 54.2 Å². The number of hydrogen-bond acceptors (Lipinski definition) is 4. The second kappa shape index (κ2) is 8.16. The highest BCUT2D eigenvalue weighted by atomic mass is 16.5. The molecule has 0 atom stereocenters. The fraction of sp³-hybridized carbons (Fsp3) is 0.308. The molecule has 1 aliphatic heterocycles. The molecular formula is C26H28N4O. The van der Waals surface area contributed by atoms with E-state index in [1.807, 2.05) is 0 Å². The molecule has 2 aromatic carbocycles. The molecule has 0 bridgehead atoms. The van der Waals surface area contributed by atoms with Gasteiger partial charge in [0.05, 0.1) is 5.39 Å². The maximum atomic E-state index is 5.54. The van der Waals surface area contributed by atoms with E-state index in [2.05, 4.69) is 84.3 Å². The van der Waals surface area contributed by atoms with Crippen LogP contribution in [0.25, 0.3) is 27.8 Å². The first-order valence-electron chi connectivity index (χ1n) is 10.9. The summed E-state index contributed by atoms with van der Waals surface area (Å²) in [7, 11) is 0. The second-order valence-corrected chi connectivity index (χ2v) is 8.50. The molecule has 1 saturated heterocycles. The van der Waals surface area contributed by atoms with Gasteiger partial charge in [-0.3, -0.25) is 0 Å². The Morgan fingerprint density at radius 1 is 0.968 bits per heavy atom. The molecule has 2 aromatic heterocycles. The van der Waals surface area contributed by atoms with Crippen molar-refractivity contribution in [2.45, 2.75) is 39.7 Å². The summed E-state index contributed by atoms with van der Waals surface area (Å²) in [4.78, 5) is 9.39. The number of aryl methyl sites for hydroxylation is 3. The summed E-state index contributed by atoms with van der Waals surface area (Å²) in [5, 5.41) is 4.76. The van der Waals surface area contributed by atoms with E-state index >= 15 is 0 Å². The van der Waals surface area contributed by atoms with Gasteiger partial charge in [-0.1, -0.05) is 30.3 Å². The third kappa shape index (κ3) is 3.81. The third-order valence-electron chi connectivity index (χ3n) is 6.24. The first kappa shape index (κ1) is 19.8. The maximum absolute atomic E-state index is 5.54. The Balaban J connectivity index is 1.72. The van der Waals surface area contributed by atoms with E-state index in [9.17, 15) is 0 Å². The molecule has 0 spiro atoms. The molecule has 0 radical (unpaired) electrons. The lowest BCUT2D eigenvalue weighted by atomic mass is 10.0. The van der Waals surface area contributed by atoms with Crippen LogP contribution in [0.1, 0.15) is 29.5 Å². The van der Waals surface area contributed by atoms with Gasteiger partial charge in [-0.05, 0) is 68.0 Å². The highest BCUT2D eigenvalue weighted by Gasteiger charge is 2.21. The molecule has 0 unspecified atom stereocenters. The van der Waals surface area contributed by atoms with Crippen molar-refractivity contribution in [3.8, 4) is 16.8 Å². The molecule has 158 valence electrons. The van der Waals surface area contributed by atoms with Crippen molar-refractivity contribution in [1.29, 1.82) is 0 Å². The van der Waals surface area contributed by atoms with Crippen LogP contribution in [0, 0.1) is 20.8 Å². The van der Waals surface area contributed by atoms with Crippen LogP contribution in [0.4, 0.5) is 5.82 Å². The number of benzene rings is 2. The maximum Gasteiger partial charge on any atom is 0.150 e. The summed E-state index contributed by atoms with van der Waals surface area (Å²) in [5.74, 6) is 0.900. The summed E-state index contributed by atoms with van der Waals surface area (Å²) in [6, 6.07) is 15.5. The standard InChI is InChI=1S/C26H28N4O/c1-17-5-4-6-22(13-17)30-15-23(20-8-7-18(2)19(3)14-20)24-25(27-16-28-26(24)30)29-21-9-11-31-12-10-21/h4-8,13-16,21H,9-12H2,1-3H3,(H,27,28,29). The largest absolute Gasteiger partial charge is 0.381 e. The average Bonchev–Trinajstić information content (AvgIpc) is 3.17. The minimum atomic E-state index is 0.363. The lowest BCUT2D eigenvalue weighted by molar-refractivity contribution is 0.0904. The molecule has 1 fully saturated rings. The zero-order valence-corrected chi connectivity index (χ0v) is 18.4. The quantitative estimate of drug-likeness (QED) is 0.474. The summed E-state index contributed by atoms with van der Waals surface area (Å²) in [5.41, 5.74) is 8.16. The van der Waals surface area contributed by atoms with Gasteiger partial charge in [-0.15, -0.1) is 0 Å². The van der Waals surface area contributed by atoms with Gasteiger partial charge in [-0.25, -0.2) is 9.97 Å². The molecule has 5 rings (SSSR count). The Morgan fingerprint density at radius 3 is 2.58 bits per heavy atom.